The van der Waals surface area contributed by atoms with Crippen LogP contribution in [-0.4, -0.2) is 22.2 Å². The first kappa shape index (κ1) is 35.2. The summed E-state index contributed by atoms with van der Waals surface area (Å²) in [6.07, 6.45) is 18.4. The second kappa shape index (κ2) is 24.2. The van der Waals surface area contributed by atoms with Crippen molar-refractivity contribution >= 4 is 11.9 Å². The molecule has 0 fully saturated rings. The second-order valence-corrected chi connectivity index (χ2v) is 8.14. The van der Waals surface area contributed by atoms with Gasteiger partial charge in [0.05, 0.1) is 0 Å². The summed E-state index contributed by atoms with van der Waals surface area (Å²) in [5.41, 5.74) is -1.58. The Kier molecular flexibility index (Phi) is 29.4. The first-order valence-corrected chi connectivity index (χ1v) is 11.5. The molecule has 0 amide bonds. The number of rotatable bonds is 20. The summed E-state index contributed by atoms with van der Waals surface area (Å²) in [6, 6.07) is 0. The van der Waals surface area contributed by atoms with E-state index in [0.29, 0.717) is 12.8 Å². The van der Waals surface area contributed by atoms with Gasteiger partial charge in [0.25, 0.3) is 0 Å². The minimum absolute atomic E-state index is 0. The molecule has 0 saturated carbocycles. The topological polar surface area (TPSA) is 74.6 Å². The molecular weight excluding hydrogens is 402 g/mol. The first-order chi connectivity index (χ1) is 13.0. The van der Waals surface area contributed by atoms with E-state index in [0.717, 1.165) is 32.1 Å². The molecule has 0 bridgehead atoms. The molecule has 0 aromatic rings. The molecule has 0 unspecified atom stereocenters. The summed E-state index contributed by atoms with van der Waals surface area (Å²) >= 11 is 0. The normalized spacial score (nSPS) is 10.8. The summed E-state index contributed by atoms with van der Waals surface area (Å²) in [6.45, 7) is 4.38. The van der Waals surface area contributed by atoms with Crippen molar-refractivity contribution in [2.24, 2.45) is 5.41 Å². The number of hydrogen-bond donors (Lipinski definition) is 2. The number of carbonyl (C=O) groups is 2. The van der Waals surface area contributed by atoms with Crippen LogP contribution in [0.2, 0.25) is 0 Å². The van der Waals surface area contributed by atoms with Crippen molar-refractivity contribution in [3.8, 4) is 0 Å². The predicted octanol–water partition coefficient (Wildman–Crippen LogP) is 1.44. The molecule has 0 aliphatic carbocycles. The molecule has 2 N–H and O–H groups in total. The molecule has 0 spiro atoms. The van der Waals surface area contributed by atoms with Gasteiger partial charge >= 0.3 is 92.9 Å². The van der Waals surface area contributed by atoms with Crippen LogP contribution in [0, 0.1) is 5.41 Å². The van der Waals surface area contributed by atoms with E-state index >= 15 is 0 Å². The van der Waals surface area contributed by atoms with Crippen molar-refractivity contribution in [1.29, 1.82) is 0 Å². The van der Waals surface area contributed by atoms with Gasteiger partial charge in [-0.1, -0.05) is 117 Å². The quantitative estimate of drug-likeness (QED) is 0.168. The SMILES string of the molecule is CCCCCCCCCCCCC(CCCCCCCC)(C(=O)O)C(=O)O.[H-].[H-].[K+].[Na+]. The van der Waals surface area contributed by atoms with Crippen molar-refractivity contribution in [2.75, 3.05) is 0 Å². The maximum Gasteiger partial charge on any atom is 1.00 e. The van der Waals surface area contributed by atoms with Gasteiger partial charge < -0.3 is 13.1 Å². The second-order valence-electron chi connectivity index (χ2n) is 8.14. The van der Waals surface area contributed by atoms with Gasteiger partial charge in [-0.3, -0.25) is 9.59 Å². The summed E-state index contributed by atoms with van der Waals surface area (Å²) in [4.78, 5) is 23.5. The van der Waals surface area contributed by atoms with Crippen molar-refractivity contribution < 1.29 is 104 Å². The number of carboxylic acids is 2. The number of unbranched alkanes of at least 4 members (excludes halogenated alkanes) is 14. The molecular formula is C23H46KNaO4. The first-order valence-electron chi connectivity index (χ1n) is 11.5. The van der Waals surface area contributed by atoms with Crippen LogP contribution in [0.1, 0.15) is 132 Å². The number of aliphatic carboxylic acids is 2. The standard InChI is InChI=1S/C23H44O4.K.Na.2H/c1-3-5-7-9-11-12-13-14-16-18-20-23(21(24)25,22(26)27)19-17-15-10-8-6-4-2;;;;/h3-20H2,1-2H3,(H,24,25)(H,26,27);;;;/q;2*+1;2*-1. The number of carboxylic acid groups (broad SMARTS) is 2. The molecule has 0 aromatic heterocycles. The predicted molar refractivity (Wildman–Crippen MR) is 114 cm³/mol. The molecule has 0 rings (SSSR count). The maximum atomic E-state index is 11.7. The Balaban J connectivity index is -0.000000563. The fraction of sp³-hybridized carbons (Fsp3) is 0.913. The van der Waals surface area contributed by atoms with E-state index in [-0.39, 0.29) is 96.6 Å². The van der Waals surface area contributed by atoms with Gasteiger partial charge in [0, 0.05) is 0 Å². The Hall–Kier alpha value is 1.58. The molecule has 0 heterocycles. The van der Waals surface area contributed by atoms with E-state index in [2.05, 4.69) is 13.8 Å². The molecule has 4 nitrogen and oxygen atoms in total. The molecule has 29 heavy (non-hydrogen) atoms. The molecule has 0 aliphatic rings. The molecule has 0 radical (unpaired) electrons. The summed E-state index contributed by atoms with van der Waals surface area (Å²) in [7, 11) is 0. The van der Waals surface area contributed by atoms with E-state index in [4.69, 9.17) is 0 Å². The van der Waals surface area contributed by atoms with Gasteiger partial charge in [-0.05, 0) is 12.8 Å². The van der Waals surface area contributed by atoms with E-state index in [1.165, 1.54) is 57.8 Å². The Bertz CT molecular complexity index is 388. The van der Waals surface area contributed by atoms with Crippen LogP contribution >= 0.6 is 0 Å². The zero-order valence-corrected chi connectivity index (χ0v) is 25.1. The van der Waals surface area contributed by atoms with Gasteiger partial charge in [0.1, 0.15) is 0 Å². The van der Waals surface area contributed by atoms with Gasteiger partial charge in [0.15, 0.2) is 5.41 Å². The average Bonchev–Trinajstić information content (AvgIpc) is 2.63. The molecule has 0 aromatic carbocycles. The molecule has 6 heteroatoms. The maximum absolute atomic E-state index is 11.7. The third kappa shape index (κ3) is 17.8. The minimum Gasteiger partial charge on any atom is -1.00 e. The summed E-state index contributed by atoms with van der Waals surface area (Å²) < 4.78 is 0. The third-order valence-electron chi connectivity index (χ3n) is 5.73. The van der Waals surface area contributed by atoms with Crippen molar-refractivity contribution in [3.63, 3.8) is 0 Å². The zero-order valence-electron chi connectivity index (χ0n) is 21.9. The summed E-state index contributed by atoms with van der Waals surface area (Å²) in [5, 5.41) is 19.2. The molecule has 0 atom stereocenters. The monoisotopic (exact) mass is 448 g/mol. The Morgan fingerprint density at radius 3 is 1.07 bits per heavy atom. The fourth-order valence-electron chi connectivity index (χ4n) is 3.77. The molecule has 0 saturated heterocycles. The van der Waals surface area contributed by atoms with Crippen LogP contribution in [0.4, 0.5) is 0 Å². The minimum atomic E-state index is -1.58. The van der Waals surface area contributed by atoms with Gasteiger partial charge in [-0.25, -0.2) is 0 Å². The van der Waals surface area contributed by atoms with Crippen LogP contribution in [0.5, 0.6) is 0 Å². The van der Waals surface area contributed by atoms with E-state index in [1.54, 1.807) is 0 Å². The van der Waals surface area contributed by atoms with E-state index in [1.807, 2.05) is 0 Å². The van der Waals surface area contributed by atoms with Crippen LogP contribution in [-0.2, 0) is 9.59 Å². The Labute approximate surface area is 247 Å². The van der Waals surface area contributed by atoms with Gasteiger partial charge in [0.2, 0.25) is 0 Å². The Morgan fingerprint density at radius 2 is 0.828 bits per heavy atom. The van der Waals surface area contributed by atoms with Crippen molar-refractivity contribution in [3.05, 3.63) is 0 Å². The zero-order chi connectivity index (χ0) is 20.4. The smallest absolute Gasteiger partial charge is 1.00 e. The summed E-state index contributed by atoms with van der Waals surface area (Å²) in [5.74, 6) is -2.31. The van der Waals surface area contributed by atoms with E-state index < -0.39 is 17.4 Å². The van der Waals surface area contributed by atoms with Crippen LogP contribution < -0.4 is 80.9 Å². The fourth-order valence-corrected chi connectivity index (χ4v) is 3.77. The molecule has 164 valence electrons. The third-order valence-corrected chi connectivity index (χ3v) is 5.73. The Morgan fingerprint density at radius 1 is 0.586 bits per heavy atom. The largest absolute Gasteiger partial charge is 1.00 e. The number of hydrogen-bond acceptors (Lipinski definition) is 2. The van der Waals surface area contributed by atoms with Crippen molar-refractivity contribution in [2.45, 2.75) is 129 Å². The van der Waals surface area contributed by atoms with Crippen LogP contribution in [0.15, 0.2) is 0 Å². The molecule has 0 aliphatic heterocycles. The van der Waals surface area contributed by atoms with Crippen molar-refractivity contribution in [1.82, 2.24) is 0 Å². The van der Waals surface area contributed by atoms with Gasteiger partial charge in [-0.15, -0.1) is 0 Å². The van der Waals surface area contributed by atoms with Crippen LogP contribution in [0.25, 0.3) is 0 Å². The van der Waals surface area contributed by atoms with Crippen LogP contribution in [0.3, 0.4) is 0 Å². The van der Waals surface area contributed by atoms with Gasteiger partial charge in [-0.2, -0.15) is 0 Å². The van der Waals surface area contributed by atoms with E-state index in [9.17, 15) is 19.8 Å². The average molecular weight is 449 g/mol.